The van der Waals surface area contributed by atoms with Gasteiger partial charge in [-0.15, -0.1) is 0 Å². The second-order valence-electron chi connectivity index (χ2n) is 5.21. The lowest BCUT2D eigenvalue weighted by Gasteiger charge is -2.26. The molecule has 21 heavy (non-hydrogen) atoms. The summed E-state index contributed by atoms with van der Waals surface area (Å²) in [7, 11) is 0. The Morgan fingerprint density at radius 1 is 1.33 bits per heavy atom. The van der Waals surface area contributed by atoms with Crippen molar-refractivity contribution >= 4 is 11.9 Å². The Morgan fingerprint density at radius 2 is 2.05 bits per heavy atom. The SMILES string of the molecule is CC(CC(=O)O)CC(=O)NCC1COc2ccccc2O1. The Labute approximate surface area is 123 Å². The van der Waals surface area contributed by atoms with E-state index in [1.165, 1.54) is 0 Å². The van der Waals surface area contributed by atoms with Crippen LogP contribution in [0.4, 0.5) is 0 Å². The maximum Gasteiger partial charge on any atom is 0.303 e. The molecule has 0 spiro atoms. The molecule has 1 amide bonds. The summed E-state index contributed by atoms with van der Waals surface area (Å²) >= 11 is 0. The zero-order valence-electron chi connectivity index (χ0n) is 11.9. The fourth-order valence-electron chi connectivity index (χ4n) is 2.15. The second kappa shape index (κ2) is 6.97. The van der Waals surface area contributed by atoms with Gasteiger partial charge >= 0.3 is 5.97 Å². The lowest BCUT2D eigenvalue weighted by molar-refractivity contribution is -0.138. The average molecular weight is 293 g/mol. The molecule has 0 saturated carbocycles. The van der Waals surface area contributed by atoms with Gasteiger partial charge in [-0.3, -0.25) is 9.59 Å². The number of para-hydroxylation sites is 2. The summed E-state index contributed by atoms with van der Waals surface area (Å²) in [6, 6.07) is 7.38. The minimum atomic E-state index is -0.893. The first-order chi connectivity index (χ1) is 10.0. The first kappa shape index (κ1) is 15.2. The summed E-state index contributed by atoms with van der Waals surface area (Å²) in [5.41, 5.74) is 0. The molecule has 1 aromatic rings. The van der Waals surface area contributed by atoms with Crippen molar-refractivity contribution in [2.75, 3.05) is 13.2 Å². The number of nitrogens with one attached hydrogen (secondary N) is 1. The molecule has 1 aromatic carbocycles. The third-order valence-electron chi connectivity index (χ3n) is 3.15. The monoisotopic (exact) mass is 293 g/mol. The summed E-state index contributed by atoms with van der Waals surface area (Å²) in [6.07, 6.45) is -0.0565. The quantitative estimate of drug-likeness (QED) is 0.829. The van der Waals surface area contributed by atoms with E-state index in [0.29, 0.717) is 24.7 Å². The molecule has 114 valence electrons. The third-order valence-corrected chi connectivity index (χ3v) is 3.15. The Morgan fingerprint density at radius 3 is 2.76 bits per heavy atom. The van der Waals surface area contributed by atoms with Crippen LogP contribution >= 0.6 is 0 Å². The Balaban J connectivity index is 1.74. The van der Waals surface area contributed by atoms with E-state index >= 15 is 0 Å². The van der Waals surface area contributed by atoms with Gasteiger partial charge < -0.3 is 19.9 Å². The maximum absolute atomic E-state index is 11.7. The van der Waals surface area contributed by atoms with E-state index < -0.39 is 5.97 Å². The summed E-state index contributed by atoms with van der Waals surface area (Å²) in [6.45, 7) is 2.46. The number of ether oxygens (including phenoxy) is 2. The van der Waals surface area contributed by atoms with Gasteiger partial charge in [0.05, 0.1) is 6.54 Å². The Kier molecular flexibility index (Phi) is 5.03. The van der Waals surface area contributed by atoms with Gasteiger partial charge in [0, 0.05) is 12.8 Å². The van der Waals surface area contributed by atoms with E-state index in [0.717, 1.165) is 0 Å². The molecule has 2 atom stereocenters. The van der Waals surface area contributed by atoms with Crippen molar-refractivity contribution < 1.29 is 24.2 Å². The number of benzene rings is 1. The summed E-state index contributed by atoms with van der Waals surface area (Å²) in [5.74, 6) is 0.117. The van der Waals surface area contributed by atoms with E-state index in [2.05, 4.69) is 5.32 Å². The first-order valence-corrected chi connectivity index (χ1v) is 6.91. The number of rotatable bonds is 6. The number of carbonyl (C=O) groups excluding carboxylic acids is 1. The van der Waals surface area contributed by atoms with Gasteiger partial charge in [0.2, 0.25) is 5.91 Å². The fourth-order valence-corrected chi connectivity index (χ4v) is 2.15. The molecule has 0 aromatic heterocycles. The number of amides is 1. The minimum Gasteiger partial charge on any atom is -0.486 e. The van der Waals surface area contributed by atoms with Crippen molar-refractivity contribution in [3.05, 3.63) is 24.3 Å². The van der Waals surface area contributed by atoms with Gasteiger partial charge in [0.1, 0.15) is 12.7 Å². The standard InChI is InChI=1S/C15H19NO5/c1-10(7-15(18)19)6-14(17)16-8-11-9-20-12-4-2-3-5-13(12)21-11/h2-5,10-11H,6-9H2,1H3,(H,16,17)(H,18,19). The third kappa shape index (κ3) is 4.66. The lowest BCUT2D eigenvalue weighted by Crippen LogP contribution is -2.41. The van der Waals surface area contributed by atoms with Crippen molar-refractivity contribution in [1.29, 1.82) is 0 Å². The number of carboxylic acids is 1. The Hall–Kier alpha value is -2.24. The van der Waals surface area contributed by atoms with Crippen LogP contribution in [0, 0.1) is 5.92 Å². The van der Waals surface area contributed by atoms with Crippen LogP contribution in [0.2, 0.25) is 0 Å². The number of hydrogen-bond acceptors (Lipinski definition) is 4. The number of carboxylic acid groups (broad SMARTS) is 1. The van der Waals surface area contributed by atoms with Crippen molar-refractivity contribution in [3.63, 3.8) is 0 Å². The van der Waals surface area contributed by atoms with Crippen LogP contribution in [-0.2, 0) is 9.59 Å². The molecule has 0 saturated heterocycles. The first-order valence-electron chi connectivity index (χ1n) is 6.91. The molecule has 2 unspecified atom stereocenters. The van der Waals surface area contributed by atoms with Gasteiger partial charge in [-0.1, -0.05) is 19.1 Å². The van der Waals surface area contributed by atoms with E-state index in [-0.39, 0.29) is 30.8 Å². The van der Waals surface area contributed by atoms with Crippen molar-refractivity contribution in [2.45, 2.75) is 25.9 Å². The predicted molar refractivity (Wildman–Crippen MR) is 75.4 cm³/mol. The smallest absolute Gasteiger partial charge is 0.303 e. The molecule has 0 fully saturated rings. The van der Waals surface area contributed by atoms with Crippen molar-refractivity contribution in [3.8, 4) is 11.5 Å². The second-order valence-corrected chi connectivity index (χ2v) is 5.21. The minimum absolute atomic E-state index is 0.0101. The highest BCUT2D eigenvalue weighted by Crippen LogP contribution is 2.30. The fraction of sp³-hybridized carbons (Fsp3) is 0.467. The molecule has 1 aliphatic heterocycles. The zero-order chi connectivity index (χ0) is 15.2. The van der Waals surface area contributed by atoms with Crippen LogP contribution in [0.15, 0.2) is 24.3 Å². The lowest BCUT2D eigenvalue weighted by atomic mass is 10.0. The molecule has 2 N–H and O–H groups in total. The van der Waals surface area contributed by atoms with E-state index in [9.17, 15) is 9.59 Å². The number of aliphatic carboxylic acids is 1. The predicted octanol–water partition coefficient (Wildman–Crippen LogP) is 1.44. The Bertz CT molecular complexity index is 517. The molecule has 0 radical (unpaired) electrons. The molecule has 6 nitrogen and oxygen atoms in total. The van der Waals surface area contributed by atoms with Crippen molar-refractivity contribution in [1.82, 2.24) is 5.32 Å². The maximum atomic E-state index is 11.7. The van der Waals surface area contributed by atoms with Gasteiger partial charge in [-0.25, -0.2) is 0 Å². The van der Waals surface area contributed by atoms with Crippen LogP contribution in [0.3, 0.4) is 0 Å². The van der Waals surface area contributed by atoms with E-state index in [4.69, 9.17) is 14.6 Å². The normalized spacial score (nSPS) is 17.9. The average Bonchev–Trinajstić information content (AvgIpc) is 2.44. The van der Waals surface area contributed by atoms with Crippen LogP contribution in [0.1, 0.15) is 19.8 Å². The molecular weight excluding hydrogens is 274 g/mol. The number of hydrogen-bond donors (Lipinski definition) is 2. The largest absolute Gasteiger partial charge is 0.486 e. The van der Waals surface area contributed by atoms with Crippen LogP contribution in [0.25, 0.3) is 0 Å². The van der Waals surface area contributed by atoms with Crippen LogP contribution in [-0.4, -0.2) is 36.2 Å². The molecule has 0 aliphatic carbocycles. The highest BCUT2D eigenvalue weighted by atomic mass is 16.6. The highest BCUT2D eigenvalue weighted by Gasteiger charge is 2.21. The summed E-state index contributed by atoms with van der Waals surface area (Å²) in [4.78, 5) is 22.3. The number of fused-ring (bicyclic) bond motifs is 1. The zero-order valence-corrected chi connectivity index (χ0v) is 11.9. The van der Waals surface area contributed by atoms with Gasteiger partial charge in [0.15, 0.2) is 11.5 Å². The number of carbonyl (C=O) groups is 2. The summed E-state index contributed by atoms with van der Waals surface area (Å²) in [5, 5.41) is 11.4. The van der Waals surface area contributed by atoms with Gasteiger partial charge in [0.25, 0.3) is 0 Å². The van der Waals surface area contributed by atoms with E-state index in [1.54, 1.807) is 6.92 Å². The molecule has 1 heterocycles. The summed E-state index contributed by atoms with van der Waals surface area (Å²) < 4.78 is 11.3. The molecule has 6 heteroatoms. The molecular formula is C15H19NO5. The van der Waals surface area contributed by atoms with Gasteiger partial charge in [-0.2, -0.15) is 0 Å². The van der Waals surface area contributed by atoms with Crippen LogP contribution < -0.4 is 14.8 Å². The topological polar surface area (TPSA) is 84.9 Å². The van der Waals surface area contributed by atoms with Crippen LogP contribution in [0.5, 0.6) is 11.5 Å². The molecule has 1 aliphatic rings. The molecule has 0 bridgehead atoms. The van der Waals surface area contributed by atoms with Gasteiger partial charge in [-0.05, 0) is 18.1 Å². The highest BCUT2D eigenvalue weighted by molar-refractivity contribution is 5.77. The molecule has 2 rings (SSSR count). The van der Waals surface area contributed by atoms with E-state index in [1.807, 2.05) is 24.3 Å². The van der Waals surface area contributed by atoms with Crippen molar-refractivity contribution in [2.24, 2.45) is 5.92 Å².